The van der Waals surface area contributed by atoms with Gasteiger partial charge >= 0.3 is 5.97 Å². The molecule has 1 aromatic carbocycles. The van der Waals surface area contributed by atoms with Gasteiger partial charge < -0.3 is 14.8 Å². The summed E-state index contributed by atoms with van der Waals surface area (Å²) in [7, 11) is 1.61. The number of methoxy groups -OCH3 is 1. The smallest absolute Gasteiger partial charge is 0.316 e. The Morgan fingerprint density at radius 3 is 2.61 bits per heavy atom. The van der Waals surface area contributed by atoms with Crippen LogP contribution in [0.25, 0.3) is 0 Å². The van der Waals surface area contributed by atoms with Crippen LogP contribution in [-0.4, -0.2) is 18.9 Å². The molecule has 1 aliphatic carbocycles. The van der Waals surface area contributed by atoms with E-state index in [9.17, 15) is 9.59 Å². The number of esters is 1. The quantitative estimate of drug-likeness (QED) is 0.670. The first-order valence-electron chi connectivity index (χ1n) is 10.3. The summed E-state index contributed by atoms with van der Waals surface area (Å²) in [4.78, 5) is 27.4. The van der Waals surface area contributed by atoms with Crippen LogP contribution in [0.3, 0.4) is 0 Å². The van der Waals surface area contributed by atoms with E-state index in [1.807, 2.05) is 41.8 Å². The lowest BCUT2D eigenvalue weighted by Gasteiger charge is -2.41. The van der Waals surface area contributed by atoms with Crippen LogP contribution in [0.5, 0.6) is 5.75 Å². The molecule has 2 heterocycles. The van der Waals surface area contributed by atoms with Crippen LogP contribution in [-0.2, 0) is 20.9 Å². The molecule has 5 nitrogen and oxygen atoms in total. The minimum Gasteiger partial charge on any atom is -0.497 e. The molecule has 1 aromatic heterocycles. The summed E-state index contributed by atoms with van der Waals surface area (Å²) in [6.45, 7) is 8.48. The number of ether oxygens (including phenoxy) is 2. The zero-order valence-electron chi connectivity index (χ0n) is 18.1. The second-order valence-electron chi connectivity index (χ2n) is 8.91. The predicted octanol–water partition coefficient (Wildman–Crippen LogP) is 4.96. The number of thiophene rings is 1. The molecular weight excluding hydrogens is 410 g/mol. The van der Waals surface area contributed by atoms with Crippen LogP contribution >= 0.6 is 11.3 Å². The number of ketones is 1. The summed E-state index contributed by atoms with van der Waals surface area (Å²) in [6.07, 6.45) is 1.22. The van der Waals surface area contributed by atoms with E-state index in [1.165, 1.54) is 0 Å². The maximum atomic E-state index is 13.2. The minimum absolute atomic E-state index is 0.0950. The molecule has 2 atom stereocenters. The Hall–Kier alpha value is -2.86. The molecule has 1 aliphatic heterocycles. The van der Waals surface area contributed by atoms with Crippen molar-refractivity contribution in [3.05, 3.63) is 75.8 Å². The monoisotopic (exact) mass is 437 g/mol. The number of Topliss-reactive ketones (excluding diaryl/α,β-unsaturated/α-hetero) is 1. The van der Waals surface area contributed by atoms with E-state index in [0.29, 0.717) is 17.7 Å². The Morgan fingerprint density at radius 1 is 1.23 bits per heavy atom. The van der Waals surface area contributed by atoms with E-state index < -0.39 is 5.92 Å². The molecule has 0 spiro atoms. The van der Waals surface area contributed by atoms with E-state index in [4.69, 9.17) is 9.47 Å². The topological polar surface area (TPSA) is 64.6 Å². The third-order valence-corrected chi connectivity index (χ3v) is 6.85. The number of nitrogens with one attached hydrogen (secondary N) is 1. The van der Waals surface area contributed by atoms with Crippen LogP contribution in [0.15, 0.2) is 65.3 Å². The fourth-order valence-electron chi connectivity index (χ4n) is 4.47. The number of benzene rings is 1. The van der Waals surface area contributed by atoms with Gasteiger partial charge in [0, 0.05) is 34.2 Å². The van der Waals surface area contributed by atoms with Crippen LogP contribution in [0.1, 0.15) is 43.0 Å². The fourth-order valence-corrected chi connectivity index (χ4v) is 5.34. The maximum absolute atomic E-state index is 13.2. The normalized spacial score (nSPS) is 22.5. The Morgan fingerprint density at radius 2 is 1.97 bits per heavy atom. The lowest BCUT2D eigenvalue weighted by molar-refractivity contribution is -0.149. The van der Waals surface area contributed by atoms with Gasteiger partial charge in [0.1, 0.15) is 18.3 Å². The molecule has 6 heteroatoms. The SMILES string of the molecule is C=C1NC2=C(C(=O)CC(C)(C)C2)C(c2cccs2)C1C(=O)OCc1ccc(OC)cc1. The molecule has 0 fully saturated rings. The third-order valence-electron chi connectivity index (χ3n) is 5.89. The highest BCUT2D eigenvalue weighted by Crippen LogP contribution is 2.49. The van der Waals surface area contributed by atoms with E-state index in [2.05, 4.69) is 25.7 Å². The van der Waals surface area contributed by atoms with E-state index in [0.717, 1.165) is 28.3 Å². The van der Waals surface area contributed by atoms with Crippen LogP contribution in [0, 0.1) is 11.3 Å². The first-order chi connectivity index (χ1) is 14.8. The number of allylic oxidation sites excluding steroid dienone is 2. The Labute approximate surface area is 186 Å². The average Bonchev–Trinajstić information content (AvgIpc) is 3.25. The zero-order chi connectivity index (χ0) is 22.2. The van der Waals surface area contributed by atoms with Gasteiger partial charge in [-0.15, -0.1) is 11.3 Å². The molecule has 1 N–H and O–H groups in total. The average molecular weight is 438 g/mol. The molecule has 2 unspecified atom stereocenters. The molecule has 0 saturated carbocycles. The number of hydrogen-bond acceptors (Lipinski definition) is 6. The maximum Gasteiger partial charge on any atom is 0.316 e. The van der Waals surface area contributed by atoms with Gasteiger partial charge in [-0.25, -0.2) is 0 Å². The van der Waals surface area contributed by atoms with Crippen molar-refractivity contribution in [1.82, 2.24) is 5.32 Å². The highest BCUT2D eigenvalue weighted by molar-refractivity contribution is 7.10. The van der Waals surface area contributed by atoms with Gasteiger partial charge in [-0.1, -0.05) is 38.6 Å². The van der Waals surface area contributed by atoms with Gasteiger partial charge in [0.2, 0.25) is 0 Å². The lowest BCUT2D eigenvalue weighted by atomic mass is 9.68. The van der Waals surface area contributed by atoms with Crippen molar-refractivity contribution in [3.8, 4) is 5.75 Å². The Kier molecular flexibility index (Phi) is 5.75. The number of hydrogen-bond donors (Lipinski definition) is 1. The molecule has 31 heavy (non-hydrogen) atoms. The van der Waals surface area contributed by atoms with Crippen molar-refractivity contribution in [2.75, 3.05) is 7.11 Å². The lowest BCUT2D eigenvalue weighted by Crippen LogP contribution is -2.43. The second-order valence-corrected chi connectivity index (χ2v) is 9.89. The van der Waals surface area contributed by atoms with Gasteiger partial charge in [0.05, 0.1) is 7.11 Å². The molecule has 2 aromatic rings. The molecule has 0 amide bonds. The van der Waals surface area contributed by atoms with Gasteiger partial charge in [0.25, 0.3) is 0 Å². The van der Waals surface area contributed by atoms with Gasteiger partial charge in [0.15, 0.2) is 5.78 Å². The Balaban J connectivity index is 1.63. The fraction of sp³-hybridized carbons (Fsp3) is 0.360. The van der Waals surface area contributed by atoms with Crippen LogP contribution in [0.4, 0.5) is 0 Å². The highest BCUT2D eigenvalue weighted by atomic mass is 32.1. The van der Waals surface area contributed by atoms with Crippen LogP contribution in [0.2, 0.25) is 0 Å². The summed E-state index contributed by atoms with van der Waals surface area (Å²) in [5.41, 5.74) is 2.93. The van der Waals surface area contributed by atoms with Crippen molar-refractivity contribution in [2.45, 2.75) is 39.2 Å². The summed E-state index contributed by atoms with van der Waals surface area (Å²) in [6, 6.07) is 11.3. The van der Waals surface area contributed by atoms with Crippen molar-refractivity contribution in [1.29, 1.82) is 0 Å². The third kappa shape index (κ3) is 4.30. The van der Waals surface area contributed by atoms with Crippen molar-refractivity contribution >= 4 is 23.1 Å². The van der Waals surface area contributed by atoms with Gasteiger partial charge in [-0.3, -0.25) is 9.59 Å². The summed E-state index contributed by atoms with van der Waals surface area (Å²) >= 11 is 1.55. The predicted molar refractivity (Wildman–Crippen MR) is 121 cm³/mol. The molecular formula is C25H27NO4S. The molecule has 0 bridgehead atoms. The summed E-state index contributed by atoms with van der Waals surface area (Å²) in [5, 5.41) is 5.26. The van der Waals surface area contributed by atoms with E-state index in [-0.39, 0.29) is 29.7 Å². The van der Waals surface area contributed by atoms with Crippen molar-refractivity contribution in [2.24, 2.45) is 11.3 Å². The second kappa shape index (κ2) is 8.35. The first-order valence-corrected chi connectivity index (χ1v) is 11.2. The summed E-state index contributed by atoms with van der Waals surface area (Å²) in [5.74, 6) is -0.555. The summed E-state index contributed by atoms with van der Waals surface area (Å²) < 4.78 is 10.9. The molecule has 0 radical (unpaired) electrons. The molecule has 2 aliphatic rings. The largest absolute Gasteiger partial charge is 0.497 e. The number of carbonyl (C=O) groups is 2. The van der Waals surface area contributed by atoms with E-state index in [1.54, 1.807) is 18.4 Å². The first kappa shape index (κ1) is 21.4. The van der Waals surface area contributed by atoms with Crippen LogP contribution < -0.4 is 10.1 Å². The standard InChI is InChI=1S/C25H27NO4S/c1-15-21(24(28)30-14-16-7-9-17(29-4)10-8-16)23(20-6-5-11-31-20)22-18(26-15)12-25(2,3)13-19(22)27/h5-11,21,23,26H,1,12-14H2,2-4H3. The van der Waals surface area contributed by atoms with Crippen molar-refractivity contribution < 1.29 is 19.1 Å². The Bertz CT molecular complexity index is 1030. The molecule has 4 rings (SSSR count). The molecule has 162 valence electrons. The van der Waals surface area contributed by atoms with Gasteiger partial charge in [-0.2, -0.15) is 0 Å². The number of rotatable bonds is 5. The van der Waals surface area contributed by atoms with E-state index >= 15 is 0 Å². The van der Waals surface area contributed by atoms with Gasteiger partial charge in [-0.05, 0) is 41.0 Å². The van der Waals surface area contributed by atoms with Crippen molar-refractivity contribution in [3.63, 3.8) is 0 Å². The minimum atomic E-state index is -0.652. The highest BCUT2D eigenvalue weighted by Gasteiger charge is 2.47. The number of carbonyl (C=O) groups excluding carboxylic acids is 2. The molecule has 0 saturated heterocycles. The zero-order valence-corrected chi connectivity index (χ0v) is 18.9.